The fourth-order valence-corrected chi connectivity index (χ4v) is 6.00. The van der Waals surface area contributed by atoms with E-state index in [0.717, 1.165) is 70.6 Å². The second kappa shape index (κ2) is 9.91. The number of piperidine rings is 2. The van der Waals surface area contributed by atoms with Crippen LogP contribution in [0.1, 0.15) is 56.8 Å². The van der Waals surface area contributed by atoms with Crippen molar-refractivity contribution in [3.8, 4) is 0 Å². The van der Waals surface area contributed by atoms with Crippen LogP contribution in [0.3, 0.4) is 0 Å². The molecule has 1 aromatic carbocycles. The summed E-state index contributed by atoms with van der Waals surface area (Å²) >= 11 is 6.43. The van der Waals surface area contributed by atoms with Crippen LogP contribution in [0.4, 0.5) is 5.69 Å². The molecule has 0 bridgehead atoms. The summed E-state index contributed by atoms with van der Waals surface area (Å²) in [5.41, 5.74) is 0.677. The van der Waals surface area contributed by atoms with Crippen molar-refractivity contribution < 1.29 is 14.7 Å². The van der Waals surface area contributed by atoms with Gasteiger partial charge in [-0.1, -0.05) is 25.4 Å². The zero-order chi connectivity index (χ0) is 25.5. The van der Waals surface area contributed by atoms with Gasteiger partial charge >= 0.3 is 0 Å². The first kappa shape index (κ1) is 26.2. The van der Waals surface area contributed by atoms with E-state index in [2.05, 4.69) is 9.80 Å². The highest BCUT2D eigenvalue weighted by molar-refractivity contribution is 6.34. The van der Waals surface area contributed by atoms with Gasteiger partial charge in [-0.15, -0.1) is 0 Å². The zero-order valence-electron chi connectivity index (χ0n) is 21.9. The van der Waals surface area contributed by atoms with Gasteiger partial charge < -0.3 is 19.8 Å². The first-order valence-corrected chi connectivity index (χ1v) is 13.3. The lowest BCUT2D eigenvalue weighted by Crippen LogP contribution is -2.65. The molecule has 1 unspecified atom stereocenters. The Kier molecular flexibility index (Phi) is 7.43. The van der Waals surface area contributed by atoms with Crippen molar-refractivity contribution >= 4 is 29.1 Å². The summed E-state index contributed by atoms with van der Waals surface area (Å²) in [5, 5.41) is 11.1. The standard InChI is InChI=1S/C27H41ClN4O3/c1-19(2)26(3,35)25(34)31-14-10-27(11-15-31)17-32(18-27)20-8-12-30(13-9-20)21-6-7-22(23(28)16-21)24(33)29(4)5/h6-7,16,19-20,35H,8-15,17-18H2,1-5H3. The molecule has 7 nitrogen and oxygen atoms in total. The molecule has 3 saturated heterocycles. The molecule has 194 valence electrons. The minimum atomic E-state index is -1.28. The van der Waals surface area contributed by atoms with Gasteiger partial charge in [-0.3, -0.25) is 14.5 Å². The molecule has 0 saturated carbocycles. The van der Waals surface area contributed by atoms with Crippen LogP contribution in [0.2, 0.25) is 5.02 Å². The Morgan fingerprint density at radius 2 is 1.71 bits per heavy atom. The Balaban J connectivity index is 1.25. The maximum atomic E-state index is 12.8. The minimum Gasteiger partial charge on any atom is -0.380 e. The van der Waals surface area contributed by atoms with E-state index in [1.807, 2.05) is 36.9 Å². The van der Waals surface area contributed by atoms with Crippen molar-refractivity contribution in [2.24, 2.45) is 11.3 Å². The highest BCUT2D eigenvalue weighted by atomic mass is 35.5. The maximum Gasteiger partial charge on any atom is 0.254 e. The molecule has 35 heavy (non-hydrogen) atoms. The van der Waals surface area contributed by atoms with E-state index in [-0.39, 0.29) is 17.7 Å². The largest absolute Gasteiger partial charge is 0.380 e. The Labute approximate surface area is 215 Å². The van der Waals surface area contributed by atoms with Crippen molar-refractivity contribution in [1.82, 2.24) is 14.7 Å². The number of benzene rings is 1. The van der Waals surface area contributed by atoms with Crippen molar-refractivity contribution in [1.29, 1.82) is 0 Å². The number of amides is 2. The molecular weight excluding hydrogens is 464 g/mol. The van der Waals surface area contributed by atoms with Gasteiger partial charge in [0.2, 0.25) is 0 Å². The summed E-state index contributed by atoms with van der Waals surface area (Å²) in [6.07, 6.45) is 4.29. The highest BCUT2D eigenvalue weighted by Crippen LogP contribution is 2.43. The second-order valence-corrected chi connectivity index (χ2v) is 12.0. The number of nitrogens with zero attached hydrogens (tertiary/aromatic N) is 4. The number of anilines is 1. The Bertz CT molecular complexity index is 940. The van der Waals surface area contributed by atoms with Crippen LogP contribution in [0.5, 0.6) is 0 Å². The SMILES string of the molecule is CC(C)C(C)(O)C(=O)N1CCC2(CC1)CN(C1CCN(c3ccc(C(=O)N(C)C)c(Cl)c3)CC1)C2. The molecule has 3 aliphatic rings. The molecule has 2 amide bonds. The minimum absolute atomic E-state index is 0.0764. The van der Waals surface area contributed by atoms with Crippen molar-refractivity contribution in [3.63, 3.8) is 0 Å². The Morgan fingerprint density at radius 1 is 1.11 bits per heavy atom. The number of rotatable bonds is 5. The molecule has 8 heteroatoms. The maximum absolute atomic E-state index is 12.8. The predicted molar refractivity (Wildman–Crippen MR) is 140 cm³/mol. The number of carbonyl (C=O) groups excluding carboxylic acids is 2. The lowest BCUT2D eigenvalue weighted by atomic mass is 9.70. The van der Waals surface area contributed by atoms with Crippen molar-refractivity contribution in [3.05, 3.63) is 28.8 Å². The van der Waals surface area contributed by atoms with Crippen molar-refractivity contribution in [2.45, 2.75) is 58.1 Å². The fraction of sp³-hybridized carbons (Fsp3) is 0.704. The monoisotopic (exact) mass is 504 g/mol. The molecule has 3 heterocycles. The van der Waals surface area contributed by atoms with Crippen LogP contribution in [0.15, 0.2) is 18.2 Å². The number of carbonyl (C=O) groups is 2. The quantitative estimate of drug-likeness (QED) is 0.666. The molecule has 3 aliphatic heterocycles. The average molecular weight is 505 g/mol. The molecule has 0 radical (unpaired) electrons. The summed E-state index contributed by atoms with van der Waals surface area (Å²) in [6.45, 7) is 11.1. The van der Waals surface area contributed by atoms with Crippen LogP contribution in [-0.2, 0) is 4.79 Å². The van der Waals surface area contributed by atoms with E-state index in [4.69, 9.17) is 11.6 Å². The molecule has 1 atom stereocenters. The second-order valence-electron chi connectivity index (χ2n) is 11.6. The molecule has 0 aromatic heterocycles. The van der Waals surface area contributed by atoms with E-state index < -0.39 is 5.60 Å². The molecule has 3 fully saturated rings. The van der Waals surface area contributed by atoms with E-state index in [0.29, 0.717) is 22.0 Å². The van der Waals surface area contributed by atoms with Crippen molar-refractivity contribution in [2.75, 3.05) is 58.3 Å². The normalized spacial score (nSPS) is 22.7. The number of likely N-dealkylation sites (tertiary alicyclic amines) is 2. The molecule has 1 aromatic rings. The highest BCUT2D eigenvalue weighted by Gasteiger charge is 2.49. The van der Waals surface area contributed by atoms with Crippen LogP contribution in [-0.4, -0.2) is 96.6 Å². The van der Waals surface area contributed by atoms with Gasteiger partial charge in [0.05, 0.1) is 10.6 Å². The number of halogens is 1. The summed E-state index contributed by atoms with van der Waals surface area (Å²) in [5.74, 6) is -0.289. The molecular formula is C27H41ClN4O3. The predicted octanol–water partition coefficient (Wildman–Crippen LogP) is 3.34. The molecule has 1 N–H and O–H groups in total. The van der Waals surface area contributed by atoms with Gasteiger partial charge in [-0.25, -0.2) is 0 Å². The van der Waals surface area contributed by atoms with E-state index in [1.54, 1.807) is 25.9 Å². The van der Waals surface area contributed by atoms with Gasteiger partial charge in [-0.2, -0.15) is 0 Å². The van der Waals surface area contributed by atoms with Crippen LogP contribution in [0, 0.1) is 11.3 Å². The lowest BCUT2D eigenvalue weighted by molar-refractivity contribution is -0.159. The van der Waals surface area contributed by atoms with Gasteiger partial charge in [0.15, 0.2) is 0 Å². The average Bonchev–Trinajstić information content (AvgIpc) is 2.81. The van der Waals surface area contributed by atoms with Crippen LogP contribution >= 0.6 is 11.6 Å². The third-order valence-electron chi connectivity index (χ3n) is 8.68. The lowest BCUT2D eigenvalue weighted by Gasteiger charge is -2.57. The molecule has 0 aliphatic carbocycles. The van der Waals surface area contributed by atoms with E-state index >= 15 is 0 Å². The van der Waals surface area contributed by atoms with E-state index in [1.165, 1.54) is 0 Å². The van der Waals surface area contributed by atoms with Gasteiger partial charge in [0.25, 0.3) is 11.8 Å². The zero-order valence-corrected chi connectivity index (χ0v) is 22.6. The molecule has 4 rings (SSSR count). The smallest absolute Gasteiger partial charge is 0.254 e. The fourth-order valence-electron chi connectivity index (χ4n) is 5.75. The van der Waals surface area contributed by atoms with E-state index in [9.17, 15) is 14.7 Å². The van der Waals surface area contributed by atoms with Crippen LogP contribution < -0.4 is 4.90 Å². The Morgan fingerprint density at radius 3 is 2.23 bits per heavy atom. The molecule has 1 spiro atoms. The number of aliphatic hydroxyl groups is 1. The number of hydrogen-bond acceptors (Lipinski definition) is 5. The number of hydrogen-bond donors (Lipinski definition) is 1. The summed E-state index contributed by atoms with van der Waals surface area (Å²) in [4.78, 5) is 33.4. The first-order valence-electron chi connectivity index (χ1n) is 13.0. The van der Waals surface area contributed by atoms with Crippen LogP contribution in [0.25, 0.3) is 0 Å². The Hall–Kier alpha value is -1.83. The topological polar surface area (TPSA) is 67.3 Å². The van der Waals surface area contributed by atoms with Gasteiger partial charge in [0, 0.05) is 65.1 Å². The summed E-state index contributed by atoms with van der Waals surface area (Å²) in [6, 6.07) is 6.36. The third kappa shape index (κ3) is 5.18. The first-order chi connectivity index (χ1) is 16.4. The summed E-state index contributed by atoms with van der Waals surface area (Å²) in [7, 11) is 3.47. The van der Waals surface area contributed by atoms with Gasteiger partial charge in [0.1, 0.15) is 5.60 Å². The summed E-state index contributed by atoms with van der Waals surface area (Å²) < 4.78 is 0. The van der Waals surface area contributed by atoms with Gasteiger partial charge in [-0.05, 0) is 62.1 Å². The third-order valence-corrected chi connectivity index (χ3v) is 8.99.